The molecule has 0 amide bonds. The average Bonchev–Trinajstić information content (AvgIpc) is 3.07. The minimum atomic E-state index is -0.566. The largest absolute Gasteiger partial charge is 0.497 e. The Balaban J connectivity index is 1.89. The maximum atomic E-state index is 13.5. The first-order valence-corrected chi connectivity index (χ1v) is 9.74. The number of allylic oxidation sites excluding steroid dienone is 2. The van der Waals surface area contributed by atoms with Gasteiger partial charge in [0.25, 0.3) is 5.56 Å². The van der Waals surface area contributed by atoms with Crippen molar-refractivity contribution < 1.29 is 9.53 Å². The number of nitrogens with zero attached hydrogens (tertiary/aromatic N) is 2. The van der Waals surface area contributed by atoms with E-state index in [0.717, 1.165) is 21.3 Å². The summed E-state index contributed by atoms with van der Waals surface area (Å²) in [5.41, 5.74) is 4.22. The van der Waals surface area contributed by atoms with Gasteiger partial charge in [0.05, 0.1) is 7.11 Å². The summed E-state index contributed by atoms with van der Waals surface area (Å²) < 4.78 is 8.03. The predicted octanol–water partition coefficient (Wildman–Crippen LogP) is 2.43. The van der Waals surface area contributed by atoms with Crippen molar-refractivity contribution in [1.82, 2.24) is 9.13 Å². The second-order valence-electron chi connectivity index (χ2n) is 7.72. The van der Waals surface area contributed by atoms with Crippen molar-refractivity contribution in [2.24, 2.45) is 14.1 Å². The highest BCUT2D eigenvalue weighted by Gasteiger charge is 2.42. The number of carbonyl (C=O) groups is 1. The van der Waals surface area contributed by atoms with E-state index >= 15 is 0 Å². The Labute approximate surface area is 172 Å². The van der Waals surface area contributed by atoms with Gasteiger partial charge in [-0.05, 0) is 28.8 Å². The quantitative estimate of drug-likeness (QED) is 0.663. The molecule has 1 heterocycles. The molecule has 0 radical (unpaired) electrons. The second-order valence-corrected chi connectivity index (χ2v) is 7.72. The Hall–Kier alpha value is -3.67. The minimum Gasteiger partial charge on any atom is -0.497 e. The molecule has 0 saturated heterocycles. The Kier molecular flexibility index (Phi) is 3.93. The van der Waals surface area contributed by atoms with Gasteiger partial charge in [0.1, 0.15) is 5.75 Å². The third-order valence-corrected chi connectivity index (χ3v) is 6.24. The first kappa shape index (κ1) is 18.4. The number of hydrogen-bond donors (Lipinski definition) is 0. The van der Waals surface area contributed by atoms with Crippen LogP contribution in [0.25, 0.3) is 5.57 Å². The van der Waals surface area contributed by atoms with E-state index in [2.05, 4.69) is 0 Å². The standard InChI is InChI=1S/C24H20N2O4/c1-25-18-12-17-15-9-4-5-10-16(15)22(27)20(17)19(13-7-6-8-14(11-13)30-3)21(18)23(28)26(2)24(25)29/h4-11,19H,12H2,1-3H3. The van der Waals surface area contributed by atoms with Gasteiger partial charge >= 0.3 is 5.69 Å². The lowest BCUT2D eigenvalue weighted by molar-refractivity contribution is 0.103. The zero-order chi connectivity index (χ0) is 21.2. The van der Waals surface area contributed by atoms with Gasteiger partial charge in [-0.3, -0.25) is 18.7 Å². The van der Waals surface area contributed by atoms with Crippen LogP contribution in [0.3, 0.4) is 0 Å². The molecule has 5 rings (SSSR count). The molecule has 2 aromatic carbocycles. The molecule has 2 aliphatic carbocycles. The van der Waals surface area contributed by atoms with Gasteiger partial charge in [-0.25, -0.2) is 4.79 Å². The molecule has 0 saturated carbocycles. The molecule has 0 bridgehead atoms. The van der Waals surface area contributed by atoms with Crippen LogP contribution in [0.4, 0.5) is 0 Å². The number of ether oxygens (including phenoxy) is 1. The molecular formula is C24H20N2O4. The normalized spacial score (nSPS) is 16.9. The predicted molar refractivity (Wildman–Crippen MR) is 113 cm³/mol. The first-order valence-electron chi connectivity index (χ1n) is 9.74. The number of fused-ring (bicyclic) bond motifs is 3. The molecule has 1 atom stereocenters. The lowest BCUT2D eigenvalue weighted by atomic mass is 9.76. The van der Waals surface area contributed by atoms with Crippen molar-refractivity contribution in [2.45, 2.75) is 12.3 Å². The zero-order valence-corrected chi connectivity index (χ0v) is 16.9. The van der Waals surface area contributed by atoms with Crippen molar-refractivity contribution in [1.29, 1.82) is 0 Å². The molecule has 30 heavy (non-hydrogen) atoms. The third kappa shape index (κ3) is 2.33. The third-order valence-electron chi connectivity index (χ3n) is 6.24. The van der Waals surface area contributed by atoms with Crippen LogP contribution in [0.5, 0.6) is 5.75 Å². The van der Waals surface area contributed by atoms with Gasteiger partial charge in [0.2, 0.25) is 0 Å². The summed E-state index contributed by atoms with van der Waals surface area (Å²) >= 11 is 0. The van der Waals surface area contributed by atoms with Crippen LogP contribution in [-0.4, -0.2) is 22.0 Å². The number of ketones is 1. The van der Waals surface area contributed by atoms with Crippen LogP contribution in [0.15, 0.2) is 63.7 Å². The summed E-state index contributed by atoms with van der Waals surface area (Å²) in [6.45, 7) is 0. The minimum absolute atomic E-state index is 0.0602. The average molecular weight is 400 g/mol. The van der Waals surface area contributed by atoms with E-state index in [4.69, 9.17) is 4.74 Å². The molecule has 6 heteroatoms. The zero-order valence-electron chi connectivity index (χ0n) is 16.9. The highest BCUT2D eigenvalue weighted by Crippen LogP contribution is 2.48. The molecule has 2 aliphatic rings. The van der Waals surface area contributed by atoms with E-state index in [0.29, 0.717) is 34.6 Å². The van der Waals surface area contributed by atoms with Crippen molar-refractivity contribution in [2.75, 3.05) is 7.11 Å². The number of Topliss-reactive ketones (excluding diaryl/α,β-unsaturated/α-hetero) is 1. The fraction of sp³-hybridized carbons (Fsp3) is 0.208. The van der Waals surface area contributed by atoms with Crippen LogP contribution in [-0.2, 0) is 20.5 Å². The van der Waals surface area contributed by atoms with E-state index in [-0.39, 0.29) is 17.0 Å². The number of hydrogen-bond acceptors (Lipinski definition) is 4. The van der Waals surface area contributed by atoms with Crippen molar-refractivity contribution in [3.05, 3.63) is 103 Å². The monoisotopic (exact) mass is 400 g/mol. The van der Waals surface area contributed by atoms with E-state index in [1.165, 1.54) is 11.6 Å². The smallest absolute Gasteiger partial charge is 0.330 e. The van der Waals surface area contributed by atoms with Crippen LogP contribution in [0.2, 0.25) is 0 Å². The topological polar surface area (TPSA) is 70.3 Å². The molecule has 3 aromatic rings. The van der Waals surface area contributed by atoms with Crippen LogP contribution >= 0.6 is 0 Å². The highest BCUT2D eigenvalue weighted by atomic mass is 16.5. The van der Waals surface area contributed by atoms with Crippen molar-refractivity contribution >= 4 is 11.4 Å². The van der Waals surface area contributed by atoms with E-state index in [1.54, 1.807) is 14.2 Å². The first-order chi connectivity index (χ1) is 14.4. The number of rotatable bonds is 2. The SMILES string of the molecule is COc1cccc(C2C3=C(Cc4c2c(=O)n(C)c(=O)n4C)c2ccccc2C3=O)c1. The Bertz CT molecular complexity index is 1390. The van der Waals surface area contributed by atoms with Crippen molar-refractivity contribution in [3.8, 4) is 5.75 Å². The Morgan fingerprint density at radius 1 is 0.933 bits per heavy atom. The maximum Gasteiger partial charge on any atom is 0.330 e. The van der Waals surface area contributed by atoms with E-state index < -0.39 is 5.92 Å². The molecule has 0 fully saturated rings. The molecule has 0 aliphatic heterocycles. The molecule has 6 nitrogen and oxygen atoms in total. The fourth-order valence-electron chi connectivity index (χ4n) is 4.75. The number of benzene rings is 2. The van der Waals surface area contributed by atoms with E-state index in [1.807, 2.05) is 48.5 Å². The summed E-state index contributed by atoms with van der Waals surface area (Å²) in [7, 11) is 4.73. The molecule has 150 valence electrons. The summed E-state index contributed by atoms with van der Waals surface area (Å²) in [5.74, 6) is 0.0191. The summed E-state index contributed by atoms with van der Waals surface area (Å²) in [6.07, 6.45) is 0.371. The lowest BCUT2D eigenvalue weighted by Gasteiger charge is -2.29. The summed E-state index contributed by atoms with van der Waals surface area (Å²) in [6, 6.07) is 14.9. The number of carbonyl (C=O) groups excluding carboxylic acids is 1. The lowest BCUT2D eigenvalue weighted by Crippen LogP contribution is -2.43. The summed E-state index contributed by atoms with van der Waals surface area (Å²) in [5, 5.41) is 0. The van der Waals surface area contributed by atoms with Crippen LogP contribution in [0.1, 0.15) is 38.7 Å². The number of methoxy groups -OCH3 is 1. The second kappa shape index (κ2) is 6.42. The fourth-order valence-corrected chi connectivity index (χ4v) is 4.75. The Morgan fingerprint density at radius 2 is 1.67 bits per heavy atom. The highest BCUT2D eigenvalue weighted by molar-refractivity contribution is 6.22. The summed E-state index contributed by atoms with van der Waals surface area (Å²) in [4.78, 5) is 39.4. The molecule has 0 N–H and O–H groups in total. The van der Waals surface area contributed by atoms with Crippen molar-refractivity contribution in [3.63, 3.8) is 0 Å². The van der Waals surface area contributed by atoms with Gasteiger partial charge in [-0.1, -0.05) is 36.4 Å². The molecule has 1 unspecified atom stereocenters. The molecule has 1 aromatic heterocycles. The van der Waals surface area contributed by atoms with Gasteiger partial charge < -0.3 is 4.74 Å². The van der Waals surface area contributed by atoms with E-state index in [9.17, 15) is 14.4 Å². The van der Waals surface area contributed by atoms with Gasteiger partial charge in [-0.2, -0.15) is 0 Å². The maximum absolute atomic E-state index is 13.5. The molecule has 0 spiro atoms. The van der Waals surface area contributed by atoms with Gasteiger partial charge in [0.15, 0.2) is 5.78 Å². The van der Waals surface area contributed by atoms with Crippen LogP contribution in [0, 0.1) is 0 Å². The van der Waals surface area contributed by atoms with Gasteiger partial charge in [0, 0.05) is 48.8 Å². The van der Waals surface area contributed by atoms with Crippen LogP contribution < -0.4 is 16.0 Å². The van der Waals surface area contributed by atoms with Gasteiger partial charge in [-0.15, -0.1) is 0 Å². The Morgan fingerprint density at radius 3 is 2.40 bits per heavy atom. The number of aromatic nitrogens is 2. The molecular weight excluding hydrogens is 380 g/mol.